The molecule has 8 heteroatoms. The molecule has 0 rings (SSSR count). The van der Waals surface area contributed by atoms with Gasteiger partial charge in [0.05, 0.1) is 10.5 Å². The summed E-state index contributed by atoms with van der Waals surface area (Å²) < 4.78 is 0. The van der Waals surface area contributed by atoms with Crippen LogP contribution >= 0.6 is 41.2 Å². The Morgan fingerprint density at radius 2 is 0.867 bits per heavy atom. The first-order valence-electron chi connectivity index (χ1n) is 11.8. The third-order valence-corrected chi connectivity index (χ3v) is 12.2. The second-order valence-corrected chi connectivity index (χ2v) is 14.1. The second-order valence-electron chi connectivity index (χ2n) is 7.93. The van der Waals surface area contributed by atoms with Gasteiger partial charge in [0.2, 0.25) is 11.8 Å². The van der Waals surface area contributed by atoms with Gasteiger partial charge in [-0.25, -0.2) is 0 Å². The van der Waals surface area contributed by atoms with E-state index >= 15 is 0 Å². The monoisotopic (exact) mass is 496 g/mol. The van der Waals surface area contributed by atoms with Crippen molar-refractivity contribution in [2.24, 2.45) is 11.5 Å². The van der Waals surface area contributed by atoms with Gasteiger partial charge < -0.3 is 11.5 Å². The molecule has 0 aliphatic rings. The Morgan fingerprint density at radius 1 is 0.567 bits per heavy atom. The van der Waals surface area contributed by atoms with E-state index in [1.54, 1.807) is 19.7 Å². The van der Waals surface area contributed by atoms with Crippen molar-refractivity contribution in [1.29, 1.82) is 0 Å². The van der Waals surface area contributed by atoms with Crippen molar-refractivity contribution < 1.29 is 9.59 Å². The lowest BCUT2D eigenvalue weighted by molar-refractivity contribution is -0.118. The van der Waals surface area contributed by atoms with E-state index in [4.69, 9.17) is 11.5 Å². The fourth-order valence-corrected chi connectivity index (χ4v) is 10.1. The lowest BCUT2D eigenvalue weighted by Gasteiger charge is -2.14. The molecule has 4 nitrogen and oxygen atoms in total. The highest BCUT2D eigenvalue weighted by Crippen LogP contribution is 2.48. The smallest absolute Gasteiger partial charge is 0.231 e. The Balaban J connectivity index is 3.90. The van der Waals surface area contributed by atoms with Gasteiger partial charge in [0, 0.05) is 0 Å². The minimum absolute atomic E-state index is 0.158. The molecule has 0 aromatic carbocycles. The molecule has 0 fully saturated rings. The molecule has 0 bridgehead atoms. The minimum atomic E-state index is -0.237. The van der Waals surface area contributed by atoms with E-state index in [0.29, 0.717) is 0 Å². The SMILES string of the molecule is CCCCCCCCCC(SSSSC(CCCCCCCCC)C(N)=O)C(N)=O. The van der Waals surface area contributed by atoms with E-state index in [9.17, 15) is 9.59 Å². The number of unbranched alkanes of at least 4 members (excludes halogenated alkanes) is 12. The van der Waals surface area contributed by atoms with Gasteiger partial charge in [-0.2, -0.15) is 0 Å². The van der Waals surface area contributed by atoms with Crippen molar-refractivity contribution in [3.63, 3.8) is 0 Å². The molecule has 30 heavy (non-hydrogen) atoms. The van der Waals surface area contributed by atoms with Gasteiger partial charge in [0.15, 0.2) is 0 Å². The average Bonchev–Trinajstić information content (AvgIpc) is 2.71. The highest BCUT2D eigenvalue weighted by atomic mass is 33.7. The van der Waals surface area contributed by atoms with Crippen LogP contribution in [-0.4, -0.2) is 22.3 Å². The summed E-state index contributed by atoms with van der Waals surface area (Å²) in [4.78, 5) is 23.4. The van der Waals surface area contributed by atoms with Crippen LogP contribution in [-0.2, 0) is 9.59 Å². The lowest BCUT2D eigenvalue weighted by atomic mass is 10.1. The van der Waals surface area contributed by atoms with Crippen LogP contribution in [0.4, 0.5) is 0 Å². The largest absolute Gasteiger partial charge is 0.369 e. The van der Waals surface area contributed by atoms with Crippen LogP contribution in [0, 0.1) is 0 Å². The molecule has 0 aliphatic carbocycles. The Labute approximate surface area is 200 Å². The van der Waals surface area contributed by atoms with Crippen LogP contribution in [0.5, 0.6) is 0 Å². The maximum absolute atomic E-state index is 11.7. The zero-order chi connectivity index (χ0) is 22.5. The predicted octanol–water partition coefficient (Wildman–Crippen LogP) is 7.65. The molecule has 0 aromatic rings. The van der Waals surface area contributed by atoms with Gasteiger partial charge in [-0.3, -0.25) is 9.59 Å². The van der Waals surface area contributed by atoms with E-state index < -0.39 is 0 Å². The molecule has 0 spiro atoms. The summed E-state index contributed by atoms with van der Waals surface area (Å²) in [5, 5.41) is -0.317. The van der Waals surface area contributed by atoms with Crippen molar-refractivity contribution in [1.82, 2.24) is 0 Å². The zero-order valence-corrected chi connectivity index (χ0v) is 22.3. The van der Waals surface area contributed by atoms with Crippen molar-refractivity contribution in [3.05, 3.63) is 0 Å². The summed E-state index contributed by atoms with van der Waals surface area (Å²) in [6.07, 6.45) is 19.0. The third-order valence-electron chi connectivity index (χ3n) is 5.11. The molecule has 4 N–H and O–H groups in total. The summed E-state index contributed by atoms with van der Waals surface area (Å²) in [5.74, 6) is -0.475. The molecule has 2 unspecified atom stereocenters. The summed E-state index contributed by atoms with van der Waals surface area (Å²) >= 11 is 0. The first-order valence-corrected chi connectivity index (χ1v) is 16.7. The molecule has 0 saturated heterocycles. The lowest BCUT2D eigenvalue weighted by Crippen LogP contribution is -2.25. The van der Waals surface area contributed by atoms with E-state index in [-0.39, 0.29) is 22.3 Å². The van der Waals surface area contributed by atoms with Crippen LogP contribution in [0.2, 0.25) is 0 Å². The summed E-state index contributed by atoms with van der Waals surface area (Å²) in [6, 6.07) is 0. The molecular formula is C22H44N2O2S4. The number of amides is 2. The molecule has 0 saturated carbocycles. The maximum atomic E-state index is 11.7. The van der Waals surface area contributed by atoms with Crippen molar-refractivity contribution in [3.8, 4) is 0 Å². The quantitative estimate of drug-likeness (QED) is 0.112. The minimum Gasteiger partial charge on any atom is -0.369 e. The molecule has 0 radical (unpaired) electrons. The molecule has 0 aliphatic heterocycles. The number of primary amides is 2. The normalized spacial score (nSPS) is 13.3. The van der Waals surface area contributed by atoms with E-state index in [1.165, 1.54) is 98.6 Å². The number of rotatable bonds is 23. The van der Waals surface area contributed by atoms with E-state index in [2.05, 4.69) is 13.8 Å². The van der Waals surface area contributed by atoms with Crippen LogP contribution in [0.1, 0.15) is 117 Å². The van der Waals surface area contributed by atoms with Gasteiger partial charge in [0.25, 0.3) is 0 Å². The summed E-state index contributed by atoms with van der Waals surface area (Å²) in [6.45, 7) is 4.45. The molecule has 178 valence electrons. The fourth-order valence-electron chi connectivity index (χ4n) is 3.18. The van der Waals surface area contributed by atoms with Gasteiger partial charge in [-0.1, -0.05) is 125 Å². The third kappa shape index (κ3) is 19.1. The van der Waals surface area contributed by atoms with Gasteiger partial charge in [0.1, 0.15) is 0 Å². The Kier molecular flexibility index (Phi) is 22.8. The number of hydrogen-bond acceptors (Lipinski definition) is 6. The number of nitrogens with two attached hydrogens (primary N) is 2. The first-order chi connectivity index (χ1) is 14.5. The topological polar surface area (TPSA) is 86.2 Å². The molecule has 2 atom stereocenters. The van der Waals surface area contributed by atoms with Gasteiger partial charge >= 0.3 is 0 Å². The van der Waals surface area contributed by atoms with Crippen LogP contribution in [0.25, 0.3) is 0 Å². The van der Waals surface area contributed by atoms with Crippen LogP contribution in [0.15, 0.2) is 0 Å². The number of carbonyl (C=O) groups is 2. The molecule has 0 aromatic heterocycles. The standard InChI is InChI=1S/C22H44N2O2S4/c1-3-5-7-9-11-13-15-17-19(21(23)25)27-29-30-28-20(22(24)26)18-16-14-12-10-8-6-4-2/h19-20H,3-18H2,1-2H3,(H2,23,25)(H2,24,26). The predicted molar refractivity (Wildman–Crippen MR) is 142 cm³/mol. The second kappa shape index (κ2) is 22.5. The Hall–Kier alpha value is 0.340. The average molecular weight is 497 g/mol. The highest BCUT2D eigenvalue weighted by Gasteiger charge is 2.19. The Morgan fingerprint density at radius 3 is 1.17 bits per heavy atom. The number of hydrogen-bond donors (Lipinski definition) is 2. The first kappa shape index (κ1) is 30.3. The summed E-state index contributed by atoms with van der Waals surface area (Å²) in [7, 11) is 6.16. The molecule has 2 amide bonds. The van der Waals surface area contributed by atoms with Gasteiger partial charge in [-0.15, -0.1) is 0 Å². The maximum Gasteiger partial charge on any atom is 0.231 e. The van der Waals surface area contributed by atoms with Crippen molar-refractivity contribution >= 4 is 53.1 Å². The molecule has 0 heterocycles. The summed E-state index contributed by atoms with van der Waals surface area (Å²) in [5.41, 5.74) is 11.1. The van der Waals surface area contributed by atoms with E-state index in [1.807, 2.05) is 0 Å². The Bertz CT molecular complexity index is 390. The van der Waals surface area contributed by atoms with Crippen LogP contribution < -0.4 is 11.5 Å². The van der Waals surface area contributed by atoms with Crippen molar-refractivity contribution in [2.75, 3.05) is 0 Å². The number of carbonyl (C=O) groups excluding carboxylic acids is 2. The van der Waals surface area contributed by atoms with E-state index in [0.717, 1.165) is 25.7 Å². The van der Waals surface area contributed by atoms with Crippen LogP contribution in [0.3, 0.4) is 0 Å². The van der Waals surface area contributed by atoms with Crippen molar-refractivity contribution in [2.45, 2.75) is 127 Å². The highest BCUT2D eigenvalue weighted by molar-refractivity contribution is 9.26. The fraction of sp³-hybridized carbons (Fsp3) is 0.909. The molecular weight excluding hydrogens is 453 g/mol. The zero-order valence-electron chi connectivity index (χ0n) is 19.1. The van der Waals surface area contributed by atoms with Gasteiger partial charge in [-0.05, 0) is 32.5 Å².